The summed E-state index contributed by atoms with van der Waals surface area (Å²) in [5.41, 5.74) is 0.599. The van der Waals surface area contributed by atoms with Gasteiger partial charge >= 0.3 is 0 Å². The van der Waals surface area contributed by atoms with Crippen molar-refractivity contribution in [1.82, 2.24) is 5.32 Å². The average Bonchev–Trinajstić information content (AvgIpc) is 2.70. The van der Waals surface area contributed by atoms with E-state index in [0.29, 0.717) is 22.7 Å². The molecular formula is C24H34N2O5S. The van der Waals surface area contributed by atoms with Crippen LogP contribution in [0.4, 0.5) is 5.69 Å². The molecule has 176 valence electrons. The Hall–Kier alpha value is -2.74. The summed E-state index contributed by atoms with van der Waals surface area (Å²) in [4.78, 5) is 12.8. The van der Waals surface area contributed by atoms with Gasteiger partial charge in [0.15, 0.2) is 11.5 Å². The molecule has 0 fully saturated rings. The van der Waals surface area contributed by atoms with Crippen LogP contribution in [-0.4, -0.2) is 41.1 Å². The maximum atomic E-state index is 13.1. The van der Waals surface area contributed by atoms with Crippen molar-refractivity contribution in [3.63, 3.8) is 0 Å². The molecule has 32 heavy (non-hydrogen) atoms. The summed E-state index contributed by atoms with van der Waals surface area (Å²) in [6.45, 7) is 10.4. The van der Waals surface area contributed by atoms with Gasteiger partial charge in [-0.05, 0) is 62.1 Å². The zero-order chi connectivity index (χ0) is 24.3. The first-order valence-electron chi connectivity index (χ1n) is 10.3. The number of carbonyl (C=O) groups excluding carboxylic acids is 1. The second kappa shape index (κ2) is 9.40. The van der Waals surface area contributed by atoms with E-state index in [1.165, 1.54) is 37.7 Å². The molecule has 2 aromatic rings. The molecule has 8 heteroatoms. The lowest BCUT2D eigenvalue weighted by Gasteiger charge is -2.33. The predicted molar refractivity (Wildman–Crippen MR) is 127 cm³/mol. The van der Waals surface area contributed by atoms with Gasteiger partial charge in [0.05, 0.1) is 24.8 Å². The highest BCUT2D eigenvalue weighted by atomic mass is 32.2. The summed E-state index contributed by atoms with van der Waals surface area (Å²) in [5.74, 6) is 0.571. The number of hydrogen-bond donors (Lipinski definition) is 1. The van der Waals surface area contributed by atoms with Crippen LogP contribution in [0, 0.1) is 5.41 Å². The predicted octanol–water partition coefficient (Wildman–Crippen LogP) is 4.47. The molecule has 0 unspecified atom stereocenters. The van der Waals surface area contributed by atoms with E-state index >= 15 is 0 Å². The SMILES string of the molecule is COc1ccc(S(=O)(=O)N(C)c2ccc(C(=O)NC(C)(C)CC(C)(C)C)cc2)cc1OC. The van der Waals surface area contributed by atoms with Crippen molar-refractivity contribution in [3.8, 4) is 11.5 Å². The molecule has 0 aliphatic heterocycles. The summed E-state index contributed by atoms with van der Waals surface area (Å²) < 4.78 is 37.7. The van der Waals surface area contributed by atoms with Gasteiger partial charge in [0.2, 0.25) is 0 Å². The van der Waals surface area contributed by atoms with Gasteiger partial charge in [0.25, 0.3) is 15.9 Å². The fraction of sp³-hybridized carbons (Fsp3) is 0.458. The molecule has 0 saturated heterocycles. The Kier molecular flexibility index (Phi) is 7.50. The molecule has 0 aliphatic carbocycles. The van der Waals surface area contributed by atoms with Crippen molar-refractivity contribution in [3.05, 3.63) is 48.0 Å². The third-order valence-electron chi connectivity index (χ3n) is 4.93. The number of hydrogen-bond acceptors (Lipinski definition) is 5. The summed E-state index contributed by atoms with van der Waals surface area (Å²) in [7, 11) is 0.566. The van der Waals surface area contributed by atoms with Crippen molar-refractivity contribution >= 4 is 21.6 Å². The Bertz CT molecular complexity index is 1050. The van der Waals surface area contributed by atoms with Crippen LogP contribution < -0.4 is 19.1 Å². The molecular weight excluding hydrogens is 428 g/mol. The molecule has 0 radical (unpaired) electrons. The minimum absolute atomic E-state index is 0.0713. The Morgan fingerprint density at radius 3 is 2.00 bits per heavy atom. The van der Waals surface area contributed by atoms with E-state index in [0.717, 1.165) is 6.42 Å². The van der Waals surface area contributed by atoms with Crippen LogP contribution in [0.25, 0.3) is 0 Å². The molecule has 0 aromatic heterocycles. The standard InChI is InChI=1S/C24H34N2O5S/c1-23(2,3)16-24(4,5)25-22(27)17-9-11-18(12-10-17)26(6)32(28,29)19-13-14-20(30-7)21(15-19)31-8/h9-15H,16H2,1-8H3,(H,25,27). The zero-order valence-corrected chi connectivity index (χ0v) is 21.0. The Morgan fingerprint density at radius 2 is 1.50 bits per heavy atom. The van der Waals surface area contributed by atoms with Crippen LogP contribution >= 0.6 is 0 Å². The smallest absolute Gasteiger partial charge is 0.264 e. The molecule has 0 heterocycles. The van der Waals surface area contributed by atoms with Crippen LogP contribution in [0.5, 0.6) is 11.5 Å². The lowest BCUT2D eigenvalue weighted by Crippen LogP contribution is -2.45. The number of ether oxygens (including phenoxy) is 2. The second-order valence-corrected chi connectivity index (χ2v) is 11.6. The molecule has 0 atom stereocenters. The minimum atomic E-state index is -3.83. The average molecular weight is 463 g/mol. The maximum Gasteiger partial charge on any atom is 0.264 e. The van der Waals surface area contributed by atoms with E-state index in [4.69, 9.17) is 9.47 Å². The topological polar surface area (TPSA) is 84.9 Å². The fourth-order valence-corrected chi connectivity index (χ4v) is 5.06. The number of nitrogens with one attached hydrogen (secondary N) is 1. The van der Waals surface area contributed by atoms with Crippen molar-refractivity contribution in [2.75, 3.05) is 25.6 Å². The molecule has 2 aromatic carbocycles. The van der Waals surface area contributed by atoms with Crippen molar-refractivity contribution in [1.29, 1.82) is 0 Å². The van der Waals surface area contributed by atoms with Gasteiger partial charge in [-0.3, -0.25) is 9.10 Å². The van der Waals surface area contributed by atoms with Crippen molar-refractivity contribution in [2.24, 2.45) is 5.41 Å². The van der Waals surface area contributed by atoms with Gasteiger partial charge < -0.3 is 14.8 Å². The lowest BCUT2D eigenvalue weighted by atomic mass is 9.81. The second-order valence-electron chi connectivity index (χ2n) is 9.61. The molecule has 0 spiro atoms. The highest BCUT2D eigenvalue weighted by molar-refractivity contribution is 7.92. The van der Waals surface area contributed by atoms with Gasteiger partial charge in [-0.1, -0.05) is 20.8 Å². The van der Waals surface area contributed by atoms with E-state index in [9.17, 15) is 13.2 Å². The maximum absolute atomic E-state index is 13.1. The zero-order valence-electron chi connectivity index (χ0n) is 20.1. The van der Waals surface area contributed by atoms with Gasteiger partial charge in [-0.15, -0.1) is 0 Å². The first-order valence-corrected chi connectivity index (χ1v) is 11.8. The van der Waals surface area contributed by atoms with Gasteiger partial charge in [-0.2, -0.15) is 0 Å². The lowest BCUT2D eigenvalue weighted by molar-refractivity contribution is 0.0891. The Balaban J connectivity index is 2.22. The van der Waals surface area contributed by atoms with Crippen LogP contribution in [0.2, 0.25) is 0 Å². The number of amides is 1. The van der Waals surface area contributed by atoms with Gasteiger partial charge in [0.1, 0.15) is 0 Å². The van der Waals surface area contributed by atoms with Crippen molar-refractivity contribution < 1.29 is 22.7 Å². The van der Waals surface area contributed by atoms with Crippen LogP contribution in [0.3, 0.4) is 0 Å². The highest BCUT2D eigenvalue weighted by Gasteiger charge is 2.28. The monoisotopic (exact) mass is 462 g/mol. The number of nitrogens with zero attached hydrogens (tertiary/aromatic N) is 1. The molecule has 1 amide bonds. The summed E-state index contributed by atoms with van der Waals surface area (Å²) in [6, 6.07) is 10.9. The van der Waals surface area contributed by atoms with E-state index in [1.807, 2.05) is 13.8 Å². The van der Waals surface area contributed by atoms with E-state index < -0.39 is 10.0 Å². The normalized spacial score (nSPS) is 12.2. The first-order chi connectivity index (χ1) is 14.7. The first kappa shape index (κ1) is 25.5. The van der Waals surface area contributed by atoms with E-state index in [2.05, 4.69) is 26.1 Å². The highest BCUT2D eigenvalue weighted by Crippen LogP contribution is 2.32. The quantitative estimate of drug-likeness (QED) is 0.625. The van der Waals surface area contributed by atoms with Gasteiger partial charge in [0, 0.05) is 24.2 Å². The molecule has 0 bridgehead atoms. The van der Waals surface area contributed by atoms with Crippen LogP contribution in [-0.2, 0) is 10.0 Å². The minimum Gasteiger partial charge on any atom is -0.493 e. The van der Waals surface area contributed by atoms with Crippen molar-refractivity contribution in [2.45, 2.75) is 51.5 Å². The van der Waals surface area contributed by atoms with E-state index in [-0.39, 0.29) is 21.8 Å². The Labute approximate surface area is 191 Å². The molecule has 0 saturated carbocycles. The Morgan fingerprint density at radius 1 is 0.938 bits per heavy atom. The fourth-order valence-electron chi connectivity index (χ4n) is 3.85. The number of anilines is 1. The number of sulfonamides is 1. The molecule has 2 rings (SSSR count). The van der Waals surface area contributed by atoms with Crippen LogP contribution in [0.15, 0.2) is 47.4 Å². The largest absolute Gasteiger partial charge is 0.493 e. The summed E-state index contributed by atoms with van der Waals surface area (Å²) in [6.07, 6.45) is 0.816. The number of rotatable bonds is 8. The molecule has 1 N–H and O–H groups in total. The molecule has 0 aliphatic rings. The molecule has 7 nitrogen and oxygen atoms in total. The third-order valence-corrected chi connectivity index (χ3v) is 6.71. The third kappa shape index (κ3) is 6.16. The number of carbonyl (C=O) groups is 1. The van der Waals surface area contributed by atoms with Gasteiger partial charge in [-0.25, -0.2) is 8.42 Å². The number of methoxy groups -OCH3 is 2. The summed E-state index contributed by atoms with van der Waals surface area (Å²) in [5, 5.41) is 3.06. The van der Waals surface area contributed by atoms with Crippen LogP contribution in [0.1, 0.15) is 51.4 Å². The number of benzene rings is 2. The van der Waals surface area contributed by atoms with E-state index in [1.54, 1.807) is 30.3 Å². The summed E-state index contributed by atoms with van der Waals surface area (Å²) >= 11 is 0.